The van der Waals surface area contributed by atoms with Crippen LogP contribution in [0.25, 0.3) is 55.0 Å². The second-order valence-corrected chi connectivity index (χ2v) is 7.79. The van der Waals surface area contributed by atoms with Crippen LogP contribution < -0.4 is 0 Å². The molecule has 0 bridgehead atoms. The molecule has 1 aromatic heterocycles. The number of benzene rings is 5. The Bertz CT molecular complexity index is 1700. The van der Waals surface area contributed by atoms with E-state index in [1.165, 1.54) is 6.07 Å². The van der Waals surface area contributed by atoms with E-state index in [9.17, 15) is 9.65 Å². The number of halogens is 1. The summed E-state index contributed by atoms with van der Waals surface area (Å²) in [5.41, 5.74) is 5.11. The molecule has 3 heteroatoms. The van der Waals surface area contributed by atoms with E-state index in [2.05, 4.69) is 24.3 Å². The van der Waals surface area contributed by atoms with E-state index >= 15 is 0 Å². The smallest absolute Gasteiger partial charge is 0.148 e. The number of nitrogens with zero attached hydrogens (tertiary/aromatic N) is 1. The van der Waals surface area contributed by atoms with E-state index < -0.39 is 5.82 Å². The first kappa shape index (κ1) is 18.4. The van der Waals surface area contributed by atoms with Gasteiger partial charge in [0.1, 0.15) is 23.1 Å². The summed E-state index contributed by atoms with van der Waals surface area (Å²) in [6, 6.07) is 33.1. The monoisotopic (exact) mass is 413 g/mol. The van der Waals surface area contributed by atoms with Crippen LogP contribution in [0, 0.1) is 17.1 Å². The molecule has 1 heterocycles. The van der Waals surface area contributed by atoms with Gasteiger partial charge in [0.15, 0.2) is 0 Å². The first-order valence-corrected chi connectivity index (χ1v) is 10.4. The molecule has 0 aliphatic heterocycles. The van der Waals surface area contributed by atoms with E-state index in [-0.39, 0.29) is 5.56 Å². The summed E-state index contributed by atoms with van der Waals surface area (Å²) in [5, 5.41) is 13.4. The Morgan fingerprint density at radius 3 is 2.09 bits per heavy atom. The Labute approximate surface area is 183 Å². The van der Waals surface area contributed by atoms with Crippen LogP contribution in [0.1, 0.15) is 5.56 Å². The largest absolute Gasteiger partial charge is 0.456 e. The lowest BCUT2D eigenvalue weighted by atomic mass is 9.91. The lowest BCUT2D eigenvalue weighted by Crippen LogP contribution is -1.91. The van der Waals surface area contributed by atoms with Gasteiger partial charge in [0, 0.05) is 16.3 Å². The third-order valence-corrected chi connectivity index (χ3v) is 6.02. The van der Waals surface area contributed by atoms with Crippen molar-refractivity contribution in [2.75, 3.05) is 0 Å². The summed E-state index contributed by atoms with van der Waals surface area (Å²) in [4.78, 5) is 0. The van der Waals surface area contributed by atoms with Crippen LogP contribution in [-0.4, -0.2) is 0 Å². The van der Waals surface area contributed by atoms with Gasteiger partial charge in [-0.1, -0.05) is 72.8 Å². The fourth-order valence-electron chi connectivity index (χ4n) is 4.51. The highest BCUT2D eigenvalue weighted by molar-refractivity contribution is 6.09. The second-order valence-electron chi connectivity index (χ2n) is 7.79. The molecule has 0 aliphatic carbocycles. The third-order valence-electron chi connectivity index (χ3n) is 6.02. The van der Waals surface area contributed by atoms with E-state index in [0.29, 0.717) is 5.56 Å². The van der Waals surface area contributed by atoms with Crippen molar-refractivity contribution in [1.29, 1.82) is 5.26 Å². The number of hydrogen-bond donors (Lipinski definition) is 0. The van der Waals surface area contributed by atoms with Gasteiger partial charge in [0.2, 0.25) is 0 Å². The Kier molecular flexibility index (Phi) is 4.06. The SMILES string of the molecule is N#Cc1cccc(-c2ccc(-c3ccc4oc5ccccc5c4c3)c3ccccc23)c1F. The Morgan fingerprint density at radius 2 is 1.28 bits per heavy atom. The van der Waals surface area contributed by atoms with Crippen molar-refractivity contribution in [1.82, 2.24) is 0 Å². The number of hydrogen-bond acceptors (Lipinski definition) is 2. The Hall–Kier alpha value is -4.42. The highest BCUT2D eigenvalue weighted by Gasteiger charge is 2.15. The van der Waals surface area contributed by atoms with E-state index in [4.69, 9.17) is 4.42 Å². The lowest BCUT2D eigenvalue weighted by Gasteiger charge is -2.13. The molecular weight excluding hydrogens is 397 g/mol. The summed E-state index contributed by atoms with van der Waals surface area (Å²) >= 11 is 0. The van der Waals surface area contributed by atoms with Gasteiger partial charge in [-0.25, -0.2) is 4.39 Å². The lowest BCUT2D eigenvalue weighted by molar-refractivity contribution is 0.627. The highest BCUT2D eigenvalue weighted by atomic mass is 19.1. The van der Waals surface area contributed by atoms with Gasteiger partial charge in [-0.15, -0.1) is 0 Å². The van der Waals surface area contributed by atoms with Gasteiger partial charge in [0.05, 0.1) is 5.56 Å². The minimum Gasteiger partial charge on any atom is -0.456 e. The van der Waals surface area contributed by atoms with Crippen LogP contribution in [-0.2, 0) is 0 Å². The summed E-state index contributed by atoms with van der Waals surface area (Å²) in [6.45, 7) is 0. The van der Waals surface area contributed by atoms with Crippen molar-refractivity contribution < 1.29 is 8.81 Å². The number of para-hydroxylation sites is 1. The average Bonchev–Trinajstić information content (AvgIpc) is 3.22. The fraction of sp³-hybridized carbons (Fsp3) is 0. The minimum absolute atomic E-state index is 0.0490. The summed E-state index contributed by atoms with van der Waals surface area (Å²) < 4.78 is 20.9. The second kappa shape index (κ2) is 7.08. The molecule has 0 saturated heterocycles. The van der Waals surface area contributed by atoms with Gasteiger partial charge in [-0.05, 0) is 51.7 Å². The molecule has 0 radical (unpaired) electrons. The molecule has 5 aromatic carbocycles. The van der Waals surface area contributed by atoms with Crippen LogP contribution in [0.4, 0.5) is 4.39 Å². The van der Waals surface area contributed by atoms with Gasteiger partial charge < -0.3 is 4.42 Å². The molecule has 0 N–H and O–H groups in total. The van der Waals surface area contributed by atoms with Gasteiger partial charge >= 0.3 is 0 Å². The summed E-state index contributed by atoms with van der Waals surface area (Å²) in [7, 11) is 0. The van der Waals surface area contributed by atoms with Crippen molar-refractivity contribution in [3.8, 4) is 28.3 Å². The van der Waals surface area contributed by atoms with Gasteiger partial charge in [0.25, 0.3) is 0 Å². The molecule has 6 rings (SSSR count). The summed E-state index contributed by atoms with van der Waals surface area (Å²) in [5.74, 6) is -0.487. The van der Waals surface area contributed by atoms with E-state index in [1.807, 2.05) is 60.7 Å². The van der Waals surface area contributed by atoms with Crippen molar-refractivity contribution in [2.24, 2.45) is 0 Å². The summed E-state index contributed by atoms with van der Waals surface area (Å²) in [6.07, 6.45) is 0. The highest BCUT2D eigenvalue weighted by Crippen LogP contribution is 2.39. The third kappa shape index (κ3) is 2.71. The first-order chi connectivity index (χ1) is 15.7. The molecule has 2 nitrogen and oxygen atoms in total. The zero-order valence-electron chi connectivity index (χ0n) is 17.0. The fourth-order valence-corrected chi connectivity index (χ4v) is 4.51. The quantitative estimate of drug-likeness (QED) is 0.288. The molecule has 0 amide bonds. The molecule has 0 spiro atoms. The van der Waals surface area contributed by atoms with Crippen molar-refractivity contribution in [2.45, 2.75) is 0 Å². The number of rotatable bonds is 2. The maximum absolute atomic E-state index is 15.0. The maximum Gasteiger partial charge on any atom is 0.148 e. The molecule has 0 unspecified atom stereocenters. The van der Waals surface area contributed by atoms with Crippen LogP contribution >= 0.6 is 0 Å². The molecule has 0 saturated carbocycles. The van der Waals surface area contributed by atoms with Crippen molar-refractivity contribution >= 4 is 32.7 Å². The predicted octanol–water partition coefficient (Wildman–Crippen LogP) is 8.08. The number of fused-ring (bicyclic) bond motifs is 4. The minimum atomic E-state index is -0.487. The molecule has 0 atom stereocenters. The van der Waals surface area contributed by atoms with Crippen LogP contribution in [0.3, 0.4) is 0 Å². The van der Waals surface area contributed by atoms with Crippen LogP contribution in [0.2, 0.25) is 0 Å². The van der Waals surface area contributed by atoms with E-state index in [1.54, 1.807) is 12.1 Å². The molecule has 0 fully saturated rings. The van der Waals surface area contributed by atoms with Crippen LogP contribution in [0.15, 0.2) is 101 Å². The normalized spacial score (nSPS) is 11.2. The molecule has 0 aliphatic rings. The standard InChI is InChI=1S/C29H16FNO/c30-29-19(17-31)6-5-10-25(29)23-14-13-20(21-7-1-2-8-22(21)23)18-12-15-28-26(16-18)24-9-3-4-11-27(24)32-28/h1-16H. The number of furan rings is 1. The van der Waals surface area contributed by atoms with Crippen molar-refractivity contribution in [3.05, 3.63) is 108 Å². The van der Waals surface area contributed by atoms with Gasteiger partial charge in [-0.3, -0.25) is 0 Å². The zero-order chi connectivity index (χ0) is 21.7. The topological polar surface area (TPSA) is 36.9 Å². The number of nitriles is 1. The van der Waals surface area contributed by atoms with Crippen LogP contribution in [0.5, 0.6) is 0 Å². The Morgan fingerprint density at radius 1 is 0.594 bits per heavy atom. The molecular formula is C29H16FNO. The van der Waals surface area contributed by atoms with Crippen molar-refractivity contribution in [3.63, 3.8) is 0 Å². The van der Waals surface area contributed by atoms with E-state index in [0.717, 1.165) is 49.4 Å². The first-order valence-electron chi connectivity index (χ1n) is 10.4. The molecule has 150 valence electrons. The zero-order valence-corrected chi connectivity index (χ0v) is 17.0. The predicted molar refractivity (Wildman–Crippen MR) is 127 cm³/mol. The molecule has 6 aromatic rings. The maximum atomic E-state index is 15.0. The molecule has 32 heavy (non-hydrogen) atoms. The Balaban J connectivity index is 1.60. The average molecular weight is 413 g/mol. The van der Waals surface area contributed by atoms with Gasteiger partial charge in [-0.2, -0.15) is 5.26 Å².